The summed E-state index contributed by atoms with van der Waals surface area (Å²) in [6, 6.07) is 7.47. The molecule has 21 heavy (non-hydrogen) atoms. The Labute approximate surface area is 130 Å². The fourth-order valence-electron chi connectivity index (χ4n) is 3.48. The van der Waals surface area contributed by atoms with E-state index in [1.165, 1.54) is 0 Å². The largest absolute Gasteiger partial charge is 0.295 e. The van der Waals surface area contributed by atoms with Gasteiger partial charge in [0.25, 0.3) is 5.56 Å². The molecule has 1 aromatic heterocycles. The van der Waals surface area contributed by atoms with Crippen LogP contribution in [0.1, 0.15) is 33.5 Å². The molecule has 0 radical (unpaired) electrons. The average molecular weight is 305 g/mol. The van der Waals surface area contributed by atoms with Crippen molar-refractivity contribution in [2.24, 2.45) is 16.7 Å². The van der Waals surface area contributed by atoms with E-state index >= 15 is 0 Å². The molecule has 2 aromatic rings. The molecule has 4 heteroatoms. The molecule has 0 atom stereocenters. The van der Waals surface area contributed by atoms with Crippen molar-refractivity contribution in [2.45, 2.75) is 40.1 Å². The van der Waals surface area contributed by atoms with Gasteiger partial charge in [0.15, 0.2) is 0 Å². The lowest BCUT2D eigenvalue weighted by atomic mass is 10.0. The molecule has 1 aliphatic rings. The number of hydrogen-bond acceptors (Lipinski definition) is 2. The maximum absolute atomic E-state index is 12.8. The zero-order valence-electron chi connectivity index (χ0n) is 13.0. The number of benzene rings is 1. The highest BCUT2D eigenvalue weighted by Gasteiger charge is 2.64. The van der Waals surface area contributed by atoms with Crippen LogP contribution in [0.25, 0.3) is 10.9 Å². The minimum Gasteiger partial charge on any atom is -0.295 e. The van der Waals surface area contributed by atoms with E-state index in [2.05, 4.69) is 32.7 Å². The number of alkyl halides is 1. The highest BCUT2D eigenvalue weighted by Crippen LogP contribution is 2.68. The Balaban J connectivity index is 2.11. The normalized spacial score (nSPS) is 19.9. The summed E-state index contributed by atoms with van der Waals surface area (Å²) < 4.78 is 1.77. The first-order valence-electron chi connectivity index (χ1n) is 7.35. The summed E-state index contributed by atoms with van der Waals surface area (Å²) in [7, 11) is 0. The third kappa shape index (κ3) is 2.02. The van der Waals surface area contributed by atoms with Gasteiger partial charge in [0, 0.05) is 6.54 Å². The van der Waals surface area contributed by atoms with Gasteiger partial charge in [-0.3, -0.25) is 9.36 Å². The van der Waals surface area contributed by atoms with Crippen molar-refractivity contribution in [3.63, 3.8) is 0 Å². The molecule has 112 valence electrons. The molecule has 0 saturated heterocycles. The molecule has 1 aliphatic carbocycles. The van der Waals surface area contributed by atoms with E-state index in [1.54, 1.807) is 4.57 Å². The third-order valence-corrected chi connectivity index (χ3v) is 5.98. The van der Waals surface area contributed by atoms with Gasteiger partial charge in [-0.1, -0.05) is 39.8 Å². The smallest absolute Gasteiger partial charge is 0.261 e. The number of halogens is 1. The standard InChI is InChI=1S/C17H21ClN2O/c1-16(2)13(17(16,3)4)10-20-14(9-18)19-12-8-6-5-7-11(12)15(20)21/h5-8,13H,9-10H2,1-4H3. The molecular weight excluding hydrogens is 284 g/mol. The number of nitrogens with zero attached hydrogens (tertiary/aromatic N) is 2. The predicted molar refractivity (Wildman–Crippen MR) is 86.6 cm³/mol. The van der Waals surface area contributed by atoms with Crippen molar-refractivity contribution in [3.8, 4) is 0 Å². The van der Waals surface area contributed by atoms with Gasteiger partial charge in [-0.05, 0) is 28.9 Å². The molecule has 0 aliphatic heterocycles. The van der Waals surface area contributed by atoms with E-state index in [1.807, 2.05) is 24.3 Å². The molecule has 0 N–H and O–H groups in total. The number of para-hydroxylation sites is 1. The highest BCUT2D eigenvalue weighted by molar-refractivity contribution is 6.16. The Morgan fingerprint density at radius 3 is 2.38 bits per heavy atom. The van der Waals surface area contributed by atoms with E-state index in [0.717, 1.165) is 5.52 Å². The number of hydrogen-bond donors (Lipinski definition) is 0. The van der Waals surface area contributed by atoms with Crippen LogP contribution in [0, 0.1) is 16.7 Å². The van der Waals surface area contributed by atoms with Crippen LogP contribution in [-0.2, 0) is 12.4 Å². The molecule has 3 nitrogen and oxygen atoms in total. The van der Waals surface area contributed by atoms with Gasteiger partial charge in [0.05, 0.1) is 16.8 Å². The topological polar surface area (TPSA) is 34.9 Å². The van der Waals surface area contributed by atoms with Crippen molar-refractivity contribution < 1.29 is 0 Å². The average Bonchev–Trinajstić information content (AvgIpc) is 2.83. The fraction of sp³-hybridized carbons (Fsp3) is 0.529. The summed E-state index contributed by atoms with van der Waals surface area (Å²) >= 11 is 6.03. The molecule has 1 fully saturated rings. The Bertz CT molecular complexity index is 747. The molecule has 1 saturated carbocycles. The second-order valence-electron chi connectivity index (χ2n) is 7.09. The monoisotopic (exact) mass is 304 g/mol. The maximum Gasteiger partial charge on any atom is 0.261 e. The Hall–Kier alpha value is -1.35. The molecule has 3 rings (SSSR count). The SMILES string of the molecule is CC1(C)C(Cn2c(CCl)nc3ccccc3c2=O)C1(C)C. The molecule has 0 bridgehead atoms. The van der Waals surface area contributed by atoms with E-state index < -0.39 is 0 Å². The zero-order chi connectivity index (χ0) is 15.4. The van der Waals surface area contributed by atoms with Crippen LogP contribution >= 0.6 is 11.6 Å². The van der Waals surface area contributed by atoms with Crippen molar-refractivity contribution in [3.05, 3.63) is 40.4 Å². The molecule has 0 unspecified atom stereocenters. The van der Waals surface area contributed by atoms with Crippen LogP contribution < -0.4 is 5.56 Å². The Morgan fingerprint density at radius 1 is 1.19 bits per heavy atom. The minimum absolute atomic E-state index is 0.0229. The first-order chi connectivity index (χ1) is 9.80. The lowest BCUT2D eigenvalue weighted by molar-refractivity contribution is 0.457. The van der Waals surface area contributed by atoms with E-state index in [0.29, 0.717) is 23.7 Å². The van der Waals surface area contributed by atoms with Crippen LogP contribution in [0.3, 0.4) is 0 Å². The molecule has 1 aromatic carbocycles. The highest BCUT2D eigenvalue weighted by atomic mass is 35.5. The van der Waals surface area contributed by atoms with Crippen molar-refractivity contribution in [2.75, 3.05) is 0 Å². The Morgan fingerprint density at radius 2 is 1.81 bits per heavy atom. The summed E-state index contributed by atoms with van der Waals surface area (Å²) in [4.78, 5) is 17.3. The minimum atomic E-state index is 0.0229. The second kappa shape index (κ2) is 4.57. The quantitative estimate of drug-likeness (QED) is 0.808. The van der Waals surface area contributed by atoms with E-state index in [9.17, 15) is 4.79 Å². The van der Waals surface area contributed by atoms with Crippen molar-refractivity contribution in [1.82, 2.24) is 9.55 Å². The van der Waals surface area contributed by atoms with Crippen LogP contribution in [0.5, 0.6) is 0 Å². The van der Waals surface area contributed by atoms with Gasteiger partial charge in [-0.2, -0.15) is 0 Å². The molecule has 0 amide bonds. The van der Waals surface area contributed by atoms with Gasteiger partial charge in [-0.25, -0.2) is 4.98 Å². The van der Waals surface area contributed by atoms with Crippen LogP contribution in [0.15, 0.2) is 29.1 Å². The first-order valence-corrected chi connectivity index (χ1v) is 7.88. The van der Waals surface area contributed by atoms with Gasteiger partial charge >= 0.3 is 0 Å². The number of aromatic nitrogens is 2. The van der Waals surface area contributed by atoms with Crippen molar-refractivity contribution in [1.29, 1.82) is 0 Å². The second-order valence-corrected chi connectivity index (χ2v) is 7.36. The number of fused-ring (bicyclic) bond motifs is 1. The Kier molecular flexibility index (Phi) is 3.17. The molecule has 1 heterocycles. The van der Waals surface area contributed by atoms with Gasteiger partial charge < -0.3 is 0 Å². The summed E-state index contributed by atoms with van der Waals surface area (Å²) in [6.07, 6.45) is 0. The van der Waals surface area contributed by atoms with Gasteiger partial charge in [0.2, 0.25) is 0 Å². The molecule has 0 spiro atoms. The van der Waals surface area contributed by atoms with Crippen LogP contribution in [-0.4, -0.2) is 9.55 Å². The van der Waals surface area contributed by atoms with Gasteiger partial charge in [-0.15, -0.1) is 11.6 Å². The van der Waals surface area contributed by atoms with Crippen LogP contribution in [0.4, 0.5) is 0 Å². The summed E-state index contributed by atoms with van der Waals surface area (Å²) in [5.74, 6) is 1.39. The molecular formula is C17H21ClN2O. The van der Waals surface area contributed by atoms with E-state index in [-0.39, 0.29) is 22.3 Å². The maximum atomic E-state index is 12.8. The third-order valence-electron chi connectivity index (χ3n) is 5.75. The lowest BCUT2D eigenvalue weighted by Gasteiger charge is -2.13. The predicted octanol–water partition coefficient (Wildman–Crippen LogP) is 3.82. The zero-order valence-corrected chi connectivity index (χ0v) is 13.7. The first kappa shape index (κ1) is 14.6. The van der Waals surface area contributed by atoms with E-state index in [4.69, 9.17) is 11.6 Å². The lowest BCUT2D eigenvalue weighted by Crippen LogP contribution is -2.26. The fourth-order valence-corrected chi connectivity index (χ4v) is 3.68. The summed E-state index contributed by atoms with van der Waals surface area (Å²) in [5.41, 5.74) is 1.22. The van der Waals surface area contributed by atoms with Crippen LogP contribution in [0.2, 0.25) is 0 Å². The summed E-state index contributed by atoms with van der Waals surface area (Å²) in [6.45, 7) is 9.74. The van der Waals surface area contributed by atoms with Gasteiger partial charge in [0.1, 0.15) is 5.82 Å². The number of rotatable bonds is 3. The van der Waals surface area contributed by atoms with Crippen molar-refractivity contribution >= 4 is 22.5 Å². The summed E-state index contributed by atoms with van der Waals surface area (Å²) in [5, 5.41) is 0.669.